The predicted octanol–water partition coefficient (Wildman–Crippen LogP) is 3.49. The van der Waals surface area contributed by atoms with Gasteiger partial charge in [-0.3, -0.25) is 0 Å². The minimum absolute atomic E-state index is 0.184. The molecule has 0 unspecified atom stereocenters. The summed E-state index contributed by atoms with van der Waals surface area (Å²) in [5.74, 6) is 0.143. The van der Waals surface area contributed by atoms with E-state index >= 15 is 0 Å². The van der Waals surface area contributed by atoms with Crippen molar-refractivity contribution in [1.29, 1.82) is 0 Å². The van der Waals surface area contributed by atoms with Crippen molar-refractivity contribution in [3.05, 3.63) is 95.9 Å². The quantitative estimate of drug-likeness (QED) is 0.726. The lowest BCUT2D eigenvalue weighted by Crippen LogP contribution is -2.34. The first-order chi connectivity index (χ1) is 11.2. The lowest BCUT2D eigenvalue weighted by molar-refractivity contribution is -0.363. The molecule has 114 valence electrons. The third kappa shape index (κ3) is 3.61. The average molecular weight is 307 g/mol. The smallest absolute Gasteiger partial charge is 0.247 e. The fourth-order valence-corrected chi connectivity index (χ4v) is 2.33. The Balaban J connectivity index is 1.94. The Morgan fingerprint density at radius 2 is 1.61 bits per heavy atom. The standard InChI is InChI=1S/C19H15FN2O/c20-17-11-9-16(10-12-17)19(23)22(18-8-4-5-13-21-18)14-15-6-2-1-3-7-15/h1-13H,14H2/p+1. The van der Waals surface area contributed by atoms with Gasteiger partial charge in [-0.05, 0) is 35.9 Å². The SMILES string of the molecule is O=C(c1ccc(F)cc1)N(Cc1ccccc1)c1cccc[nH+]1. The zero-order valence-corrected chi connectivity index (χ0v) is 12.4. The van der Waals surface area contributed by atoms with E-state index < -0.39 is 0 Å². The van der Waals surface area contributed by atoms with E-state index in [1.165, 1.54) is 24.3 Å². The Labute approximate surface area is 134 Å². The number of aromatic nitrogens is 1. The number of amides is 1. The molecule has 0 aliphatic carbocycles. The number of benzene rings is 2. The molecule has 3 nitrogen and oxygen atoms in total. The molecule has 1 N–H and O–H groups in total. The third-order valence-electron chi connectivity index (χ3n) is 3.50. The molecule has 0 bridgehead atoms. The molecule has 0 atom stereocenters. The molecule has 4 heteroatoms. The highest BCUT2D eigenvalue weighted by molar-refractivity contribution is 6.05. The zero-order valence-electron chi connectivity index (χ0n) is 12.4. The molecule has 1 heterocycles. The summed E-state index contributed by atoms with van der Waals surface area (Å²) in [6.07, 6.45) is 1.77. The first-order valence-corrected chi connectivity index (χ1v) is 7.32. The summed E-state index contributed by atoms with van der Waals surface area (Å²) in [7, 11) is 0. The van der Waals surface area contributed by atoms with Gasteiger partial charge < -0.3 is 0 Å². The van der Waals surface area contributed by atoms with Crippen molar-refractivity contribution in [2.24, 2.45) is 0 Å². The number of anilines is 1. The molecule has 0 saturated carbocycles. The minimum Gasteiger partial charge on any atom is -0.247 e. The topological polar surface area (TPSA) is 34.5 Å². The van der Waals surface area contributed by atoms with Gasteiger partial charge in [0.1, 0.15) is 12.4 Å². The minimum atomic E-state index is -0.359. The number of halogens is 1. The number of hydrogen-bond acceptors (Lipinski definition) is 1. The van der Waals surface area contributed by atoms with Gasteiger partial charge in [0.05, 0.1) is 11.8 Å². The van der Waals surface area contributed by atoms with E-state index in [9.17, 15) is 9.18 Å². The second-order valence-electron chi connectivity index (χ2n) is 5.13. The van der Waals surface area contributed by atoms with Crippen LogP contribution >= 0.6 is 0 Å². The van der Waals surface area contributed by atoms with Gasteiger partial charge >= 0.3 is 5.91 Å². The van der Waals surface area contributed by atoms with Crippen molar-refractivity contribution in [3.63, 3.8) is 0 Å². The number of hydrogen-bond donors (Lipinski definition) is 0. The maximum atomic E-state index is 13.1. The van der Waals surface area contributed by atoms with Crippen LogP contribution in [0.1, 0.15) is 15.9 Å². The van der Waals surface area contributed by atoms with E-state index in [2.05, 4.69) is 4.98 Å². The lowest BCUT2D eigenvalue weighted by Gasteiger charge is -2.14. The number of carbonyl (C=O) groups excluding carboxylic acids is 1. The molecule has 0 aliphatic heterocycles. The molecule has 0 radical (unpaired) electrons. The molecule has 0 spiro atoms. The highest BCUT2D eigenvalue weighted by atomic mass is 19.1. The molecule has 1 amide bonds. The lowest BCUT2D eigenvalue weighted by atomic mass is 10.1. The first kappa shape index (κ1) is 14.9. The number of aromatic amines is 1. The van der Waals surface area contributed by atoms with Crippen LogP contribution in [0.3, 0.4) is 0 Å². The van der Waals surface area contributed by atoms with Crippen LogP contribution in [0.15, 0.2) is 79.0 Å². The van der Waals surface area contributed by atoms with Crippen LogP contribution in [0.5, 0.6) is 0 Å². The van der Waals surface area contributed by atoms with Crippen LogP contribution in [0.4, 0.5) is 10.2 Å². The summed E-state index contributed by atoms with van der Waals surface area (Å²) in [5.41, 5.74) is 1.46. The zero-order chi connectivity index (χ0) is 16.1. The molecular weight excluding hydrogens is 291 g/mol. The van der Waals surface area contributed by atoms with Crippen LogP contribution < -0.4 is 9.88 Å². The van der Waals surface area contributed by atoms with Crippen molar-refractivity contribution in [2.45, 2.75) is 6.54 Å². The molecule has 23 heavy (non-hydrogen) atoms. The van der Waals surface area contributed by atoms with Crippen LogP contribution in [0, 0.1) is 5.82 Å². The van der Waals surface area contributed by atoms with Gasteiger partial charge in [-0.2, -0.15) is 4.90 Å². The van der Waals surface area contributed by atoms with E-state index in [-0.39, 0.29) is 11.7 Å². The van der Waals surface area contributed by atoms with E-state index in [1.54, 1.807) is 11.1 Å². The highest BCUT2D eigenvalue weighted by Crippen LogP contribution is 2.16. The largest absolute Gasteiger partial charge is 0.341 e. The summed E-state index contributed by atoms with van der Waals surface area (Å²) in [5, 5.41) is 0. The Kier molecular flexibility index (Phi) is 4.43. The van der Waals surface area contributed by atoms with Gasteiger partial charge in [0, 0.05) is 6.07 Å². The number of H-pyrrole nitrogens is 1. The van der Waals surface area contributed by atoms with E-state index in [0.717, 1.165) is 5.56 Å². The van der Waals surface area contributed by atoms with E-state index in [1.807, 2.05) is 48.5 Å². The van der Waals surface area contributed by atoms with Crippen molar-refractivity contribution >= 4 is 11.7 Å². The highest BCUT2D eigenvalue weighted by Gasteiger charge is 2.26. The summed E-state index contributed by atoms with van der Waals surface area (Å²) in [6, 6.07) is 20.9. The Hall–Kier alpha value is -3.01. The maximum absolute atomic E-state index is 13.1. The summed E-state index contributed by atoms with van der Waals surface area (Å²) in [6.45, 7) is 0.428. The van der Waals surface area contributed by atoms with Gasteiger partial charge in [0.25, 0.3) is 5.82 Å². The number of rotatable bonds is 4. The van der Waals surface area contributed by atoms with E-state index in [4.69, 9.17) is 0 Å². The number of nitrogens with one attached hydrogen (secondary N) is 1. The summed E-state index contributed by atoms with van der Waals surface area (Å²) < 4.78 is 13.1. The van der Waals surface area contributed by atoms with Crippen molar-refractivity contribution in [1.82, 2.24) is 0 Å². The summed E-state index contributed by atoms with van der Waals surface area (Å²) >= 11 is 0. The van der Waals surface area contributed by atoms with Crippen molar-refractivity contribution < 1.29 is 14.2 Å². The first-order valence-electron chi connectivity index (χ1n) is 7.32. The molecule has 2 aromatic carbocycles. The van der Waals surface area contributed by atoms with Gasteiger partial charge in [-0.1, -0.05) is 36.4 Å². The fourth-order valence-electron chi connectivity index (χ4n) is 2.33. The molecule has 3 aromatic rings. The number of nitrogens with zero attached hydrogens (tertiary/aromatic N) is 1. The second kappa shape index (κ2) is 6.83. The van der Waals surface area contributed by atoms with Crippen LogP contribution in [-0.2, 0) is 6.54 Å². The Morgan fingerprint density at radius 3 is 2.26 bits per heavy atom. The average Bonchev–Trinajstić information content (AvgIpc) is 2.61. The van der Waals surface area contributed by atoms with Gasteiger partial charge in [-0.25, -0.2) is 14.2 Å². The third-order valence-corrected chi connectivity index (χ3v) is 3.50. The normalized spacial score (nSPS) is 10.3. The Bertz CT molecular complexity index is 773. The van der Waals surface area contributed by atoms with Gasteiger partial charge in [-0.15, -0.1) is 0 Å². The van der Waals surface area contributed by atoms with Crippen LogP contribution in [0.2, 0.25) is 0 Å². The molecule has 0 aliphatic rings. The number of carbonyl (C=O) groups is 1. The molecule has 0 fully saturated rings. The second-order valence-corrected chi connectivity index (χ2v) is 5.13. The Morgan fingerprint density at radius 1 is 0.913 bits per heavy atom. The van der Waals surface area contributed by atoms with Crippen molar-refractivity contribution in [2.75, 3.05) is 4.90 Å². The monoisotopic (exact) mass is 307 g/mol. The number of pyridine rings is 1. The maximum Gasteiger partial charge on any atom is 0.341 e. The molecular formula is C19H16FN2O+. The van der Waals surface area contributed by atoms with Gasteiger partial charge in [0.2, 0.25) is 0 Å². The van der Waals surface area contributed by atoms with Crippen LogP contribution in [-0.4, -0.2) is 5.91 Å². The molecule has 3 rings (SSSR count). The van der Waals surface area contributed by atoms with Crippen LogP contribution in [0.25, 0.3) is 0 Å². The van der Waals surface area contributed by atoms with Crippen molar-refractivity contribution in [3.8, 4) is 0 Å². The fraction of sp³-hybridized carbons (Fsp3) is 0.0526. The molecule has 1 aromatic heterocycles. The summed E-state index contributed by atoms with van der Waals surface area (Å²) in [4.78, 5) is 17.6. The molecule has 0 saturated heterocycles. The van der Waals surface area contributed by atoms with E-state index in [0.29, 0.717) is 17.9 Å². The predicted molar refractivity (Wildman–Crippen MR) is 86.4 cm³/mol. The van der Waals surface area contributed by atoms with Gasteiger partial charge in [0.15, 0.2) is 0 Å².